The average Bonchev–Trinajstić information content (AvgIpc) is 2.81. The number of nitrogens with zero attached hydrogens (tertiary/aromatic N) is 2. The number of amides is 1. The molecule has 2 aromatic carbocycles. The number of carbonyl (C=O) groups excluding carboxylic acids is 1. The first kappa shape index (κ1) is 16.5. The third kappa shape index (κ3) is 3.14. The predicted octanol–water partition coefficient (Wildman–Crippen LogP) is 5.46. The molecule has 5 heteroatoms. The zero-order chi connectivity index (χ0) is 17.3. The molecule has 0 saturated heterocycles. The van der Waals surface area contributed by atoms with Crippen LogP contribution in [0, 0.1) is 0 Å². The summed E-state index contributed by atoms with van der Waals surface area (Å²) in [5.74, 6) is -0.231. The molecular weight excluding hydrogens is 343 g/mol. The Morgan fingerprint density at radius 1 is 1.17 bits per heavy atom. The predicted molar refractivity (Wildman–Crippen MR) is 100 cm³/mol. The largest absolute Gasteiger partial charge is 0.282 e. The molecule has 0 saturated carbocycles. The van der Waals surface area contributed by atoms with Gasteiger partial charge in [-0.3, -0.25) is 9.69 Å². The summed E-state index contributed by atoms with van der Waals surface area (Å²) in [6, 6.07) is 14.5. The third-order valence-electron chi connectivity index (χ3n) is 3.53. The molecule has 2 aromatic rings. The fourth-order valence-corrected chi connectivity index (χ4v) is 2.78. The van der Waals surface area contributed by atoms with Gasteiger partial charge in [0.05, 0.1) is 11.4 Å². The molecule has 1 aliphatic heterocycles. The Morgan fingerprint density at radius 3 is 2.50 bits per heavy atom. The number of anilines is 1. The lowest BCUT2D eigenvalue weighted by atomic mass is 10.1. The Bertz CT molecular complexity index is 878. The number of allylic oxidation sites excluding steroid dienone is 2. The maximum absolute atomic E-state index is 12.9. The highest BCUT2D eigenvalue weighted by atomic mass is 35.5. The first-order valence-electron chi connectivity index (χ1n) is 7.28. The second-order valence-corrected chi connectivity index (χ2v) is 6.35. The molecule has 0 atom stereocenters. The lowest BCUT2D eigenvalue weighted by Gasteiger charge is -2.16. The molecular formula is C19H14Cl2N2O. The number of benzene rings is 2. The van der Waals surface area contributed by atoms with Crippen molar-refractivity contribution in [3.05, 3.63) is 82.5 Å². The number of hydrogen-bond donors (Lipinski definition) is 0. The van der Waals surface area contributed by atoms with Crippen molar-refractivity contribution in [1.82, 2.24) is 0 Å². The highest BCUT2D eigenvalue weighted by Gasteiger charge is 2.34. The third-order valence-corrected chi connectivity index (χ3v) is 3.89. The van der Waals surface area contributed by atoms with E-state index in [0.29, 0.717) is 27.2 Å². The summed E-state index contributed by atoms with van der Waals surface area (Å²) >= 11 is 11.8. The topological polar surface area (TPSA) is 32.7 Å². The van der Waals surface area contributed by atoms with Crippen LogP contribution in [0.5, 0.6) is 0 Å². The number of halogens is 2. The summed E-state index contributed by atoms with van der Waals surface area (Å²) in [5, 5.41) is 1.17. The van der Waals surface area contributed by atoms with Crippen LogP contribution in [0.15, 0.2) is 76.9 Å². The van der Waals surface area contributed by atoms with Crippen molar-refractivity contribution in [2.24, 2.45) is 4.99 Å². The van der Waals surface area contributed by atoms with E-state index in [-0.39, 0.29) is 5.91 Å². The molecule has 0 unspecified atom stereocenters. The summed E-state index contributed by atoms with van der Waals surface area (Å²) < 4.78 is 0. The summed E-state index contributed by atoms with van der Waals surface area (Å²) in [6.45, 7) is 5.69. The number of aliphatic imine (C=N–C) groups is 1. The monoisotopic (exact) mass is 356 g/mol. The number of carbonyl (C=O) groups is 1. The van der Waals surface area contributed by atoms with E-state index in [4.69, 9.17) is 23.2 Å². The van der Waals surface area contributed by atoms with Gasteiger partial charge in [-0.1, -0.05) is 48.0 Å². The molecule has 0 radical (unpaired) electrons. The van der Waals surface area contributed by atoms with E-state index in [2.05, 4.69) is 11.6 Å². The standard InChI is InChI=1S/C19H14Cl2N2O/c1-12(20)11-13(2)23-17-6-4-3-5-16(17)18(19(23)24)22-15-9-7-14(21)8-10-15/h3-11H,2H2,1H3/b12-11+,22-18?. The second-order valence-electron chi connectivity index (χ2n) is 5.32. The number of rotatable bonds is 3. The minimum Gasteiger partial charge on any atom is -0.276 e. The maximum Gasteiger partial charge on any atom is 0.282 e. The van der Waals surface area contributed by atoms with Gasteiger partial charge in [0.2, 0.25) is 0 Å². The van der Waals surface area contributed by atoms with Gasteiger partial charge in [-0.15, -0.1) is 0 Å². The van der Waals surface area contributed by atoms with Crippen LogP contribution < -0.4 is 4.90 Å². The van der Waals surface area contributed by atoms with E-state index >= 15 is 0 Å². The minimum atomic E-state index is -0.231. The molecule has 120 valence electrons. The lowest BCUT2D eigenvalue weighted by molar-refractivity contribution is -0.111. The Morgan fingerprint density at radius 2 is 1.83 bits per heavy atom. The van der Waals surface area contributed by atoms with Gasteiger partial charge in [-0.25, -0.2) is 4.99 Å². The van der Waals surface area contributed by atoms with Gasteiger partial charge in [0.15, 0.2) is 0 Å². The number of para-hydroxylation sites is 1. The van der Waals surface area contributed by atoms with E-state index < -0.39 is 0 Å². The SMILES string of the molecule is C=C(/C=C(\C)Cl)N1C(=O)C(=Nc2ccc(Cl)cc2)c2ccccc21. The van der Waals surface area contributed by atoms with Crippen molar-refractivity contribution in [3.63, 3.8) is 0 Å². The van der Waals surface area contributed by atoms with Crippen LogP contribution in [0.25, 0.3) is 0 Å². The molecule has 0 fully saturated rings. The van der Waals surface area contributed by atoms with E-state index in [1.54, 1.807) is 37.3 Å². The first-order chi connectivity index (χ1) is 11.5. The van der Waals surface area contributed by atoms with Gasteiger partial charge in [-0.2, -0.15) is 0 Å². The summed E-state index contributed by atoms with van der Waals surface area (Å²) in [4.78, 5) is 18.9. The first-order valence-corrected chi connectivity index (χ1v) is 8.04. The molecule has 24 heavy (non-hydrogen) atoms. The van der Waals surface area contributed by atoms with Crippen molar-refractivity contribution in [3.8, 4) is 0 Å². The summed E-state index contributed by atoms with van der Waals surface area (Å²) in [5.41, 5.74) is 3.04. The van der Waals surface area contributed by atoms with Crippen LogP contribution in [0.1, 0.15) is 12.5 Å². The molecule has 3 rings (SSSR count). The molecule has 0 spiro atoms. The lowest BCUT2D eigenvalue weighted by Crippen LogP contribution is -2.28. The van der Waals surface area contributed by atoms with Crippen LogP contribution >= 0.6 is 23.2 Å². The zero-order valence-corrected chi connectivity index (χ0v) is 14.5. The molecule has 0 aliphatic carbocycles. The van der Waals surface area contributed by atoms with Gasteiger partial charge in [0.1, 0.15) is 5.71 Å². The van der Waals surface area contributed by atoms with Gasteiger partial charge in [-0.05, 0) is 43.3 Å². The van der Waals surface area contributed by atoms with Gasteiger partial charge >= 0.3 is 0 Å². The summed E-state index contributed by atoms with van der Waals surface area (Å²) in [6.07, 6.45) is 1.65. The quantitative estimate of drug-likeness (QED) is 0.671. The van der Waals surface area contributed by atoms with Crippen molar-refractivity contribution in [1.29, 1.82) is 0 Å². The fourth-order valence-electron chi connectivity index (χ4n) is 2.53. The van der Waals surface area contributed by atoms with Gasteiger partial charge < -0.3 is 0 Å². The Kier molecular flexibility index (Phi) is 4.56. The number of fused-ring (bicyclic) bond motifs is 1. The van der Waals surface area contributed by atoms with Crippen LogP contribution in [-0.2, 0) is 4.79 Å². The van der Waals surface area contributed by atoms with Crippen LogP contribution in [0.2, 0.25) is 5.02 Å². The van der Waals surface area contributed by atoms with E-state index in [1.807, 2.05) is 24.3 Å². The second kappa shape index (κ2) is 6.63. The van der Waals surface area contributed by atoms with Gasteiger partial charge in [0.25, 0.3) is 5.91 Å². The molecule has 0 bridgehead atoms. The van der Waals surface area contributed by atoms with Crippen LogP contribution in [-0.4, -0.2) is 11.6 Å². The highest BCUT2D eigenvalue weighted by molar-refractivity contribution is 6.55. The number of hydrogen-bond acceptors (Lipinski definition) is 2. The Balaban J connectivity index is 2.09. The van der Waals surface area contributed by atoms with Crippen LogP contribution in [0.3, 0.4) is 0 Å². The smallest absolute Gasteiger partial charge is 0.276 e. The van der Waals surface area contributed by atoms with Crippen molar-refractivity contribution < 1.29 is 4.79 Å². The van der Waals surface area contributed by atoms with Crippen molar-refractivity contribution in [2.45, 2.75) is 6.92 Å². The Hall–Kier alpha value is -2.36. The Labute approximate surface area is 150 Å². The summed E-state index contributed by atoms with van der Waals surface area (Å²) in [7, 11) is 0. The molecule has 1 heterocycles. The molecule has 0 N–H and O–H groups in total. The van der Waals surface area contributed by atoms with E-state index in [9.17, 15) is 4.79 Å². The minimum absolute atomic E-state index is 0.231. The van der Waals surface area contributed by atoms with Crippen molar-refractivity contribution in [2.75, 3.05) is 4.90 Å². The zero-order valence-electron chi connectivity index (χ0n) is 13.0. The maximum atomic E-state index is 12.9. The van der Waals surface area contributed by atoms with Crippen molar-refractivity contribution >= 4 is 46.2 Å². The average molecular weight is 357 g/mol. The fraction of sp³-hybridized carbons (Fsp3) is 0.0526. The van der Waals surface area contributed by atoms with Gasteiger partial charge in [0, 0.05) is 21.3 Å². The van der Waals surface area contributed by atoms with E-state index in [1.165, 1.54) is 4.90 Å². The molecule has 1 amide bonds. The molecule has 0 aromatic heterocycles. The van der Waals surface area contributed by atoms with Crippen LogP contribution in [0.4, 0.5) is 11.4 Å². The molecule has 3 nitrogen and oxygen atoms in total. The normalized spacial score (nSPS) is 15.8. The highest BCUT2D eigenvalue weighted by Crippen LogP contribution is 2.34. The molecule has 1 aliphatic rings. The van der Waals surface area contributed by atoms with E-state index in [0.717, 1.165) is 11.3 Å².